The highest BCUT2D eigenvalue weighted by Gasteiger charge is 2.47. The van der Waals surface area contributed by atoms with E-state index in [1.807, 2.05) is 0 Å². The molecule has 0 aromatic carbocycles. The Balaban J connectivity index is 2.01. The van der Waals surface area contributed by atoms with Crippen LogP contribution in [-0.4, -0.2) is 88.8 Å². The predicted molar refractivity (Wildman–Crippen MR) is 125 cm³/mol. The molecule has 2 fully saturated rings. The molecule has 2 aliphatic rings. The van der Waals surface area contributed by atoms with E-state index in [1.165, 1.54) is 12.5 Å². The summed E-state index contributed by atoms with van der Waals surface area (Å²) in [5.74, 6) is 0. The van der Waals surface area contributed by atoms with Crippen LogP contribution < -0.4 is 0 Å². The van der Waals surface area contributed by atoms with Gasteiger partial charge in [0.2, 0.25) is 0 Å². The second kappa shape index (κ2) is 12.7. The Morgan fingerprint density at radius 3 is 2.37 bits per heavy atom. The van der Waals surface area contributed by atoms with Gasteiger partial charge >= 0.3 is 25.9 Å². The van der Waals surface area contributed by atoms with Crippen molar-refractivity contribution < 1.29 is 35.4 Å². The fraction of sp³-hybridized carbons (Fsp3) is 1.00. The first kappa shape index (κ1) is 26.8. The number of hydrogen-bond donors (Lipinski definition) is 0. The van der Waals surface area contributed by atoms with Gasteiger partial charge in [-0.3, -0.25) is 0 Å². The Labute approximate surface area is 187 Å². The molecular weight excluding hydrogens is 457 g/mol. The summed E-state index contributed by atoms with van der Waals surface area (Å²) in [5, 5.41) is 0. The van der Waals surface area contributed by atoms with Crippen LogP contribution in [0.25, 0.3) is 0 Å². The molecule has 0 bridgehead atoms. The van der Waals surface area contributed by atoms with Gasteiger partial charge in [-0.15, -0.1) is 0 Å². The lowest BCUT2D eigenvalue weighted by Gasteiger charge is -2.40. The molecule has 0 N–H and O–H groups in total. The summed E-state index contributed by atoms with van der Waals surface area (Å²) in [6.45, 7) is 9.67. The summed E-state index contributed by atoms with van der Waals surface area (Å²) in [6.07, 6.45) is 3.47. The second-order valence-corrected chi connectivity index (χ2v) is 21.4. The predicted octanol–water partition coefficient (Wildman–Crippen LogP) is 3.01. The topological polar surface area (TPSA) is 77.1 Å². The smallest absolute Gasteiger partial charge is 0.439 e. The number of hydrogen-bond acceptors (Lipinski definition) is 8. The molecule has 2 saturated heterocycles. The minimum absolute atomic E-state index is 0.308. The Bertz CT molecular complexity index is 489. The highest BCUT2D eigenvalue weighted by molar-refractivity contribution is 6.83. The van der Waals surface area contributed by atoms with Gasteiger partial charge in [0.25, 0.3) is 0 Å². The monoisotopic (exact) mass is 498 g/mol. The van der Waals surface area contributed by atoms with Crippen molar-refractivity contribution in [1.82, 2.24) is 0 Å². The van der Waals surface area contributed by atoms with Crippen molar-refractivity contribution in [2.75, 3.05) is 47.8 Å². The minimum Gasteiger partial charge on any atom is -0.439 e. The molecular formula is C18H42O8Si4. The lowest BCUT2D eigenvalue weighted by molar-refractivity contribution is 0.115. The summed E-state index contributed by atoms with van der Waals surface area (Å²) in [7, 11) is -3.84. The Morgan fingerprint density at radius 2 is 1.73 bits per heavy atom. The first-order chi connectivity index (χ1) is 14.3. The van der Waals surface area contributed by atoms with Crippen molar-refractivity contribution in [2.24, 2.45) is 0 Å². The molecule has 0 aliphatic carbocycles. The normalized spacial score (nSPS) is 33.4. The number of epoxide rings is 1. The van der Waals surface area contributed by atoms with Gasteiger partial charge in [-0.1, -0.05) is 6.42 Å². The van der Waals surface area contributed by atoms with E-state index >= 15 is 0 Å². The largest absolute Gasteiger partial charge is 0.500 e. The zero-order chi connectivity index (χ0) is 22.1. The van der Waals surface area contributed by atoms with Gasteiger partial charge in [-0.05, 0) is 50.6 Å². The van der Waals surface area contributed by atoms with Crippen molar-refractivity contribution in [3.05, 3.63) is 0 Å². The Kier molecular flexibility index (Phi) is 11.3. The van der Waals surface area contributed by atoms with E-state index < -0.39 is 35.0 Å². The van der Waals surface area contributed by atoms with Gasteiger partial charge < -0.3 is 35.4 Å². The summed E-state index contributed by atoms with van der Waals surface area (Å²) < 4.78 is 47.8. The van der Waals surface area contributed by atoms with Crippen LogP contribution in [0.4, 0.5) is 0 Å². The molecule has 4 unspecified atom stereocenters. The molecule has 30 heavy (non-hydrogen) atoms. The zero-order valence-electron chi connectivity index (χ0n) is 19.7. The van der Waals surface area contributed by atoms with E-state index in [0.717, 1.165) is 44.8 Å². The molecule has 2 rings (SSSR count). The van der Waals surface area contributed by atoms with Crippen LogP contribution in [0.2, 0.25) is 43.8 Å². The maximum Gasteiger partial charge on any atom is 0.500 e. The van der Waals surface area contributed by atoms with Crippen LogP contribution in [0.3, 0.4) is 0 Å². The maximum absolute atomic E-state index is 6.88. The SMILES string of the molecule is CO[Si](CC[Si]1(C)OCCCC[SiH](C)O[Si](C)(CCCOCC2CO2)O1)(OC)OC. The van der Waals surface area contributed by atoms with Crippen molar-refractivity contribution >= 4 is 35.0 Å². The molecule has 12 heteroatoms. The second-order valence-electron chi connectivity index (χ2n) is 8.57. The minimum atomic E-state index is -2.67. The van der Waals surface area contributed by atoms with E-state index in [2.05, 4.69) is 19.6 Å². The van der Waals surface area contributed by atoms with Crippen molar-refractivity contribution in [3.63, 3.8) is 0 Å². The van der Waals surface area contributed by atoms with Crippen molar-refractivity contribution in [3.8, 4) is 0 Å². The summed E-state index contributed by atoms with van der Waals surface area (Å²) in [4.78, 5) is 0. The van der Waals surface area contributed by atoms with E-state index in [-0.39, 0.29) is 0 Å². The standard InChI is InChI=1S/C18H42O8Si4/c1-19-30(20-2,21-3)15-14-28(5)24-11-7-8-12-27(4)25-29(6,26-28)13-9-10-22-16-18-17-23-18/h18,27H,7-17H2,1-6H3. The van der Waals surface area contributed by atoms with Crippen molar-refractivity contribution in [1.29, 1.82) is 0 Å². The molecule has 2 heterocycles. The van der Waals surface area contributed by atoms with Gasteiger partial charge in [0, 0.05) is 40.6 Å². The summed E-state index contributed by atoms with van der Waals surface area (Å²) in [5.41, 5.74) is 0. The van der Waals surface area contributed by atoms with E-state index in [1.54, 1.807) is 21.3 Å². The summed E-state index contributed by atoms with van der Waals surface area (Å²) in [6, 6.07) is 3.55. The third kappa shape index (κ3) is 9.19. The van der Waals surface area contributed by atoms with Gasteiger partial charge in [-0.25, -0.2) is 0 Å². The molecule has 178 valence electrons. The highest BCUT2D eigenvalue weighted by Crippen LogP contribution is 2.31. The maximum atomic E-state index is 6.88. The van der Waals surface area contributed by atoms with Crippen LogP contribution in [0.15, 0.2) is 0 Å². The van der Waals surface area contributed by atoms with Crippen LogP contribution >= 0.6 is 0 Å². The van der Waals surface area contributed by atoms with Gasteiger partial charge in [0.15, 0.2) is 9.04 Å². The van der Waals surface area contributed by atoms with E-state index in [4.69, 9.17) is 35.4 Å². The summed E-state index contributed by atoms with van der Waals surface area (Å²) >= 11 is 0. The van der Waals surface area contributed by atoms with Crippen molar-refractivity contribution in [2.45, 2.75) is 69.2 Å². The molecule has 0 amide bonds. The first-order valence-electron chi connectivity index (χ1n) is 11.1. The lowest BCUT2D eigenvalue weighted by atomic mass is 10.4. The molecule has 0 spiro atoms. The quantitative estimate of drug-likeness (QED) is 0.231. The zero-order valence-corrected chi connectivity index (χ0v) is 23.9. The molecule has 8 nitrogen and oxygen atoms in total. The Morgan fingerprint density at radius 1 is 1.03 bits per heavy atom. The average Bonchev–Trinajstić information content (AvgIpc) is 3.53. The fourth-order valence-electron chi connectivity index (χ4n) is 3.86. The number of rotatable bonds is 12. The molecule has 0 radical (unpaired) electrons. The lowest BCUT2D eigenvalue weighted by Crippen LogP contribution is -2.55. The van der Waals surface area contributed by atoms with E-state index in [9.17, 15) is 0 Å². The van der Waals surface area contributed by atoms with Crippen LogP contribution in [0.5, 0.6) is 0 Å². The Hall–Kier alpha value is 0.548. The van der Waals surface area contributed by atoms with Crippen LogP contribution in [0.1, 0.15) is 19.3 Å². The molecule has 0 aromatic heterocycles. The molecule has 0 aromatic rings. The van der Waals surface area contributed by atoms with Crippen LogP contribution in [0, 0.1) is 0 Å². The molecule has 2 aliphatic heterocycles. The first-order valence-corrected chi connectivity index (χ1v) is 20.6. The average molecular weight is 499 g/mol. The highest BCUT2D eigenvalue weighted by atomic mass is 28.5. The van der Waals surface area contributed by atoms with Crippen LogP contribution in [-0.2, 0) is 35.4 Å². The molecule has 4 atom stereocenters. The van der Waals surface area contributed by atoms with Gasteiger partial charge in [0.05, 0.1) is 13.2 Å². The number of ether oxygens (including phenoxy) is 2. The third-order valence-electron chi connectivity index (χ3n) is 5.74. The fourth-order valence-corrected chi connectivity index (χ4v) is 20.1. The third-order valence-corrected chi connectivity index (χ3v) is 20.5. The van der Waals surface area contributed by atoms with E-state index in [0.29, 0.717) is 18.8 Å². The molecule has 0 saturated carbocycles. The van der Waals surface area contributed by atoms with Gasteiger partial charge in [-0.2, -0.15) is 0 Å². The van der Waals surface area contributed by atoms with Gasteiger partial charge in [0.1, 0.15) is 6.10 Å².